The lowest BCUT2D eigenvalue weighted by molar-refractivity contribution is -0.460. The van der Waals surface area contributed by atoms with Crippen LogP contribution in [0.1, 0.15) is 25.7 Å². The maximum Gasteiger partial charge on any atom is -0.0106 e. The summed E-state index contributed by atoms with van der Waals surface area (Å²) < 4.78 is 0. The van der Waals surface area contributed by atoms with Crippen molar-refractivity contribution in [3.63, 3.8) is 0 Å². The SMILES string of the molecule is C1C2C3CC4C5CC6C7CC8C1C24C56C387. The van der Waals surface area contributed by atoms with Crippen molar-refractivity contribution in [1.29, 1.82) is 0 Å². The zero-order chi connectivity index (χ0) is 8.95. The molecule has 3 spiro atoms. The van der Waals surface area contributed by atoms with Crippen molar-refractivity contribution >= 4 is 0 Å². The van der Waals surface area contributed by atoms with E-state index in [1.54, 1.807) is 25.7 Å². The van der Waals surface area contributed by atoms with Gasteiger partial charge in [0.05, 0.1) is 0 Å². The summed E-state index contributed by atoms with van der Waals surface area (Å²) in [5.74, 6) is 10.4. The highest BCUT2D eigenvalue weighted by Crippen LogP contribution is 3.15. The summed E-state index contributed by atoms with van der Waals surface area (Å²) in [6, 6.07) is 0. The van der Waals surface area contributed by atoms with Crippen LogP contribution in [0, 0.1) is 63.6 Å². The molecule has 0 aromatic heterocycles. The Bertz CT molecular complexity index is 485. The van der Waals surface area contributed by atoms with Crippen molar-refractivity contribution in [2.45, 2.75) is 25.7 Å². The lowest BCUT2D eigenvalue weighted by Gasteiger charge is -2.92. The Hall–Kier alpha value is 0. The Balaban J connectivity index is 1.68. The van der Waals surface area contributed by atoms with Gasteiger partial charge in [-0.15, -0.1) is 0 Å². The lowest BCUT2D eigenvalue weighted by atomic mass is 9.11. The summed E-state index contributed by atoms with van der Waals surface area (Å²) in [5, 5.41) is 0. The third-order valence-corrected chi connectivity index (χ3v) is 10.3. The average molecular weight is 196 g/mol. The van der Waals surface area contributed by atoms with Gasteiger partial charge in [0.25, 0.3) is 0 Å². The van der Waals surface area contributed by atoms with E-state index in [-0.39, 0.29) is 0 Å². The predicted octanol–water partition coefficient (Wildman–Crippen LogP) is 2.54. The second-order valence-electron chi connectivity index (χ2n) is 8.53. The average Bonchev–Trinajstić information content (AvgIpc) is 2.51. The van der Waals surface area contributed by atoms with Gasteiger partial charge in [0.15, 0.2) is 0 Å². The smallest absolute Gasteiger partial charge is 0.0106 e. The second-order valence-corrected chi connectivity index (χ2v) is 8.53. The second kappa shape index (κ2) is 1.12. The van der Waals surface area contributed by atoms with Gasteiger partial charge in [-0.3, -0.25) is 0 Å². The maximum absolute atomic E-state index is 1.73. The van der Waals surface area contributed by atoms with Crippen molar-refractivity contribution in [2.75, 3.05) is 0 Å². The molecule has 8 unspecified atom stereocenters. The van der Waals surface area contributed by atoms with Gasteiger partial charge in [0, 0.05) is 0 Å². The van der Waals surface area contributed by atoms with Crippen LogP contribution in [0.4, 0.5) is 0 Å². The third-order valence-electron chi connectivity index (χ3n) is 10.3. The lowest BCUT2D eigenvalue weighted by Crippen LogP contribution is -2.89. The van der Waals surface area contributed by atoms with Gasteiger partial charge < -0.3 is 0 Å². The molecule has 8 aliphatic carbocycles. The molecule has 8 atom stereocenters. The van der Waals surface area contributed by atoms with Crippen LogP contribution in [0.25, 0.3) is 0 Å². The van der Waals surface area contributed by atoms with Crippen LogP contribution in [-0.4, -0.2) is 0 Å². The molecule has 0 aromatic carbocycles. The molecule has 0 heteroatoms. The van der Waals surface area contributed by atoms with Crippen LogP contribution >= 0.6 is 0 Å². The first-order valence-electron chi connectivity index (χ1n) is 7.41. The van der Waals surface area contributed by atoms with Crippen LogP contribution < -0.4 is 0 Å². The van der Waals surface area contributed by atoms with E-state index in [9.17, 15) is 0 Å². The fourth-order valence-electron chi connectivity index (χ4n) is 11.3. The van der Waals surface area contributed by atoms with Crippen LogP contribution in [0.3, 0.4) is 0 Å². The summed E-state index contributed by atoms with van der Waals surface area (Å²) >= 11 is 0. The highest BCUT2D eigenvalue weighted by Gasteiger charge is 3.11. The first-order valence-corrected chi connectivity index (χ1v) is 7.41. The summed E-state index contributed by atoms with van der Waals surface area (Å²) in [7, 11) is 0. The standard InChI is InChI=1S/C15H16/c1-5-7-2-9-11-4-12-10-3-8-6(1)13(5,9)15(11,12)14(7,8)10/h5-12H,1-4H2. The van der Waals surface area contributed by atoms with Gasteiger partial charge in [-0.2, -0.15) is 0 Å². The number of hydrogen-bond acceptors (Lipinski definition) is 0. The van der Waals surface area contributed by atoms with Gasteiger partial charge in [-0.1, -0.05) is 0 Å². The Morgan fingerprint density at radius 3 is 1.27 bits per heavy atom. The molecular weight excluding hydrogens is 180 g/mol. The molecule has 0 aromatic rings. The summed E-state index contributed by atoms with van der Waals surface area (Å²) in [5.41, 5.74) is 3.20. The van der Waals surface area contributed by atoms with Crippen molar-refractivity contribution in [2.24, 2.45) is 63.6 Å². The molecule has 0 nitrogen and oxygen atoms in total. The molecule has 0 radical (unpaired) electrons. The number of fused-ring (bicyclic) bond motifs is 3. The molecule has 0 N–H and O–H groups in total. The monoisotopic (exact) mass is 196 g/mol. The minimum Gasteiger partial charge on any atom is -0.0459 e. The summed E-state index contributed by atoms with van der Waals surface area (Å²) in [6.45, 7) is 0. The van der Waals surface area contributed by atoms with E-state index in [0.717, 1.165) is 16.2 Å². The molecule has 8 rings (SSSR count). The van der Waals surface area contributed by atoms with Gasteiger partial charge in [0.2, 0.25) is 0 Å². The topological polar surface area (TPSA) is 0 Å². The molecule has 0 aliphatic heterocycles. The first kappa shape index (κ1) is 6.07. The normalized spacial score (nSPS) is 102. The van der Waals surface area contributed by atoms with Crippen LogP contribution in [-0.2, 0) is 0 Å². The molecule has 76 valence electrons. The van der Waals surface area contributed by atoms with Crippen LogP contribution in [0.2, 0.25) is 0 Å². The van der Waals surface area contributed by atoms with Crippen molar-refractivity contribution in [3.8, 4) is 0 Å². The Kier molecular flexibility index (Phi) is 0.453. The van der Waals surface area contributed by atoms with Gasteiger partial charge >= 0.3 is 0 Å². The zero-order valence-corrected chi connectivity index (χ0v) is 8.95. The van der Waals surface area contributed by atoms with E-state index >= 15 is 0 Å². The molecule has 0 saturated heterocycles. The largest absolute Gasteiger partial charge is 0.0459 e. The predicted molar refractivity (Wildman–Crippen MR) is 53.7 cm³/mol. The van der Waals surface area contributed by atoms with E-state index in [4.69, 9.17) is 0 Å². The Morgan fingerprint density at radius 1 is 0.467 bits per heavy atom. The van der Waals surface area contributed by atoms with Gasteiger partial charge in [-0.25, -0.2) is 0 Å². The van der Waals surface area contributed by atoms with Gasteiger partial charge in [0.1, 0.15) is 0 Å². The van der Waals surface area contributed by atoms with E-state index in [0.29, 0.717) is 0 Å². The maximum atomic E-state index is 1.73. The van der Waals surface area contributed by atoms with Crippen LogP contribution in [0.15, 0.2) is 0 Å². The molecule has 3 bridgehead atoms. The Labute approximate surface area is 89.8 Å². The van der Waals surface area contributed by atoms with Crippen molar-refractivity contribution in [3.05, 3.63) is 0 Å². The third kappa shape index (κ3) is 0.210. The fraction of sp³-hybridized carbons (Fsp3) is 1.00. The van der Waals surface area contributed by atoms with Crippen molar-refractivity contribution in [1.82, 2.24) is 0 Å². The van der Waals surface area contributed by atoms with E-state index in [2.05, 4.69) is 0 Å². The summed E-state index contributed by atoms with van der Waals surface area (Å²) in [4.78, 5) is 0. The summed E-state index contributed by atoms with van der Waals surface area (Å²) in [6.07, 6.45) is 6.86. The number of rotatable bonds is 0. The zero-order valence-electron chi connectivity index (χ0n) is 8.95. The Morgan fingerprint density at radius 2 is 0.800 bits per heavy atom. The first-order chi connectivity index (χ1) is 7.41. The molecule has 8 aliphatic rings. The molecule has 15 heavy (non-hydrogen) atoms. The molecule has 8 fully saturated rings. The molecule has 8 saturated carbocycles. The van der Waals surface area contributed by atoms with E-state index < -0.39 is 0 Å². The van der Waals surface area contributed by atoms with E-state index in [1.165, 1.54) is 47.3 Å². The number of hydrogen-bond donors (Lipinski definition) is 0. The molecular formula is C15H16. The van der Waals surface area contributed by atoms with Gasteiger partial charge in [-0.05, 0) is 89.3 Å². The minimum atomic E-state index is 1.06. The quantitative estimate of drug-likeness (QED) is 0.558. The van der Waals surface area contributed by atoms with Crippen molar-refractivity contribution < 1.29 is 0 Å². The highest BCUT2D eigenvalue weighted by atomic mass is 15.2. The molecule has 0 heterocycles. The molecule has 0 amide bonds. The highest BCUT2D eigenvalue weighted by molar-refractivity contribution is 5.58. The van der Waals surface area contributed by atoms with Crippen LogP contribution in [0.5, 0.6) is 0 Å². The minimum absolute atomic E-state index is 1.06. The fourth-order valence-corrected chi connectivity index (χ4v) is 11.3. The van der Waals surface area contributed by atoms with E-state index in [1.807, 2.05) is 0 Å².